The number of aryl methyl sites for hydroxylation is 1. The van der Waals surface area contributed by atoms with Crippen LogP contribution in [-0.4, -0.2) is 39.3 Å². The molecule has 1 fully saturated rings. The predicted molar refractivity (Wildman–Crippen MR) is 95.0 cm³/mol. The van der Waals surface area contributed by atoms with Gasteiger partial charge >= 0.3 is 5.97 Å². The SMILES string of the molecule is COC(=O)c1cc(C[NH+]2CC[NH+](Cc3ccc(Cl)cc3)CC2)oc1C. The molecule has 3 rings (SSSR count). The van der Waals surface area contributed by atoms with Crippen molar-refractivity contribution in [3.63, 3.8) is 0 Å². The van der Waals surface area contributed by atoms with Crippen molar-refractivity contribution in [2.45, 2.75) is 20.0 Å². The van der Waals surface area contributed by atoms with E-state index in [1.54, 1.807) is 11.8 Å². The first-order chi connectivity index (χ1) is 12.0. The summed E-state index contributed by atoms with van der Waals surface area (Å²) in [7, 11) is 1.39. The third-order valence-corrected chi connectivity index (χ3v) is 5.08. The van der Waals surface area contributed by atoms with Crippen molar-refractivity contribution < 1.29 is 23.7 Å². The first-order valence-electron chi connectivity index (χ1n) is 8.64. The lowest BCUT2D eigenvalue weighted by molar-refractivity contribution is -1.02. The van der Waals surface area contributed by atoms with Gasteiger partial charge in [0.25, 0.3) is 0 Å². The molecule has 5 nitrogen and oxygen atoms in total. The molecule has 25 heavy (non-hydrogen) atoms. The van der Waals surface area contributed by atoms with E-state index in [2.05, 4.69) is 12.1 Å². The van der Waals surface area contributed by atoms with Gasteiger partial charge in [-0.1, -0.05) is 23.7 Å². The van der Waals surface area contributed by atoms with Gasteiger partial charge in [-0.3, -0.25) is 0 Å². The number of quaternary nitrogens is 2. The van der Waals surface area contributed by atoms with Gasteiger partial charge in [-0.15, -0.1) is 0 Å². The number of hydrogen-bond donors (Lipinski definition) is 2. The Morgan fingerprint density at radius 3 is 2.32 bits per heavy atom. The second-order valence-corrected chi connectivity index (χ2v) is 7.09. The summed E-state index contributed by atoms with van der Waals surface area (Å²) >= 11 is 5.94. The molecule has 1 aromatic carbocycles. The van der Waals surface area contributed by atoms with E-state index < -0.39 is 0 Å². The van der Waals surface area contributed by atoms with Gasteiger partial charge in [-0.25, -0.2) is 4.79 Å². The van der Waals surface area contributed by atoms with E-state index in [0.717, 1.165) is 50.1 Å². The molecule has 0 radical (unpaired) electrons. The van der Waals surface area contributed by atoms with Gasteiger partial charge in [0.1, 0.15) is 50.6 Å². The second kappa shape index (κ2) is 8.04. The molecule has 6 heteroatoms. The van der Waals surface area contributed by atoms with Crippen LogP contribution < -0.4 is 9.80 Å². The summed E-state index contributed by atoms with van der Waals surface area (Å²) in [6.45, 7) is 8.09. The summed E-state index contributed by atoms with van der Waals surface area (Å²) in [4.78, 5) is 14.8. The van der Waals surface area contributed by atoms with Gasteiger partial charge in [0.2, 0.25) is 0 Å². The van der Waals surface area contributed by atoms with E-state index in [-0.39, 0.29) is 5.97 Å². The van der Waals surface area contributed by atoms with Crippen LogP contribution in [0.4, 0.5) is 0 Å². The third kappa shape index (κ3) is 4.63. The molecule has 0 saturated carbocycles. The minimum Gasteiger partial charge on any atom is -0.465 e. The lowest BCUT2D eigenvalue weighted by Crippen LogP contribution is -3.27. The van der Waals surface area contributed by atoms with Crippen LogP contribution in [0.3, 0.4) is 0 Å². The number of halogens is 1. The largest absolute Gasteiger partial charge is 0.465 e. The maximum atomic E-state index is 11.7. The van der Waals surface area contributed by atoms with Crippen LogP contribution in [0.5, 0.6) is 0 Å². The summed E-state index contributed by atoms with van der Waals surface area (Å²) in [6, 6.07) is 9.94. The van der Waals surface area contributed by atoms with Crippen molar-refractivity contribution in [3.8, 4) is 0 Å². The molecule has 1 aliphatic heterocycles. The number of piperazine rings is 1. The maximum absolute atomic E-state index is 11.7. The van der Waals surface area contributed by atoms with Crippen LogP contribution >= 0.6 is 11.6 Å². The van der Waals surface area contributed by atoms with Crippen LogP contribution in [0.15, 0.2) is 34.7 Å². The average molecular weight is 365 g/mol. The lowest BCUT2D eigenvalue weighted by Gasteiger charge is -2.29. The number of furan rings is 1. The number of hydrogen-bond acceptors (Lipinski definition) is 3. The molecule has 2 N–H and O–H groups in total. The van der Waals surface area contributed by atoms with Crippen LogP contribution in [0, 0.1) is 6.92 Å². The minimum absolute atomic E-state index is 0.334. The molecule has 1 saturated heterocycles. The van der Waals surface area contributed by atoms with E-state index in [9.17, 15) is 4.79 Å². The first-order valence-corrected chi connectivity index (χ1v) is 9.02. The maximum Gasteiger partial charge on any atom is 0.341 e. The minimum atomic E-state index is -0.334. The Kier molecular flexibility index (Phi) is 5.78. The van der Waals surface area contributed by atoms with Gasteiger partial charge in [-0.05, 0) is 19.1 Å². The summed E-state index contributed by atoms with van der Waals surface area (Å²) in [6.07, 6.45) is 0. The molecule has 1 aromatic heterocycles. The highest BCUT2D eigenvalue weighted by molar-refractivity contribution is 6.30. The van der Waals surface area contributed by atoms with Crippen molar-refractivity contribution in [1.29, 1.82) is 0 Å². The van der Waals surface area contributed by atoms with Crippen molar-refractivity contribution >= 4 is 17.6 Å². The number of rotatable bonds is 5. The van der Waals surface area contributed by atoms with Crippen LogP contribution in [0.2, 0.25) is 5.02 Å². The molecule has 0 aliphatic carbocycles. The fourth-order valence-electron chi connectivity index (χ4n) is 3.39. The molecule has 134 valence electrons. The van der Waals surface area contributed by atoms with Gasteiger partial charge in [0.05, 0.1) is 7.11 Å². The number of ether oxygens (including phenoxy) is 1. The lowest BCUT2D eigenvalue weighted by atomic mass is 10.2. The summed E-state index contributed by atoms with van der Waals surface area (Å²) < 4.78 is 10.5. The molecular weight excluding hydrogens is 340 g/mol. The standard InChI is InChI=1S/C19H23ClN2O3/c1-14-18(19(23)24-2)11-17(25-14)13-22-9-7-21(8-10-22)12-15-3-5-16(20)6-4-15/h3-6,11H,7-10,12-13H2,1-2H3/p+2. The smallest absolute Gasteiger partial charge is 0.341 e. The Morgan fingerprint density at radius 1 is 1.12 bits per heavy atom. The quantitative estimate of drug-likeness (QED) is 0.760. The fourth-order valence-corrected chi connectivity index (χ4v) is 3.52. The molecular formula is C19H25ClN2O3+2. The number of esters is 1. The van der Waals surface area contributed by atoms with Crippen molar-refractivity contribution in [2.24, 2.45) is 0 Å². The van der Waals surface area contributed by atoms with Gasteiger partial charge in [-0.2, -0.15) is 0 Å². The Hall–Kier alpha value is -1.82. The normalized spacial score (nSPS) is 20.4. The second-order valence-electron chi connectivity index (χ2n) is 6.65. The van der Waals surface area contributed by atoms with Crippen molar-refractivity contribution in [1.82, 2.24) is 0 Å². The van der Waals surface area contributed by atoms with E-state index in [4.69, 9.17) is 20.8 Å². The zero-order valence-electron chi connectivity index (χ0n) is 14.7. The molecule has 0 amide bonds. The molecule has 0 atom stereocenters. The topological polar surface area (TPSA) is 48.3 Å². The fraction of sp³-hybridized carbons (Fsp3) is 0.421. The monoisotopic (exact) mass is 364 g/mol. The number of methoxy groups -OCH3 is 1. The number of nitrogens with one attached hydrogen (secondary N) is 2. The van der Waals surface area contributed by atoms with E-state index in [1.165, 1.54) is 17.6 Å². The first kappa shape index (κ1) is 18.0. The third-order valence-electron chi connectivity index (χ3n) is 4.83. The van der Waals surface area contributed by atoms with Gasteiger partial charge in [0, 0.05) is 16.7 Å². The summed E-state index contributed by atoms with van der Waals surface area (Å²) in [5, 5.41) is 0.785. The summed E-state index contributed by atoms with van der Waals surface area (Å²) in [5.41, 5.74) is 1.86. The zero-order valence-corrected chi connectivity index (χ0v) is 15.5. The molecule has 2 heterocycles. The molecule has 0 unspecified atom stereocenters. The van der Waals surface area contributed by atoms with Crippen LogP contribution in [-0.2, 0) is 17.8 Å². The van der Waals surface area contributed by atoms with Gasteiger partial charge in [0.15, 0.2) is 5.76 Å². The predicted octanol–water partition coefficient (Wildman–Crippen LogP) is 0.512. The number of carbonyl (C=O) groups excluding carboxylic acids is 1. The van der Waals surface area contributed by atoms with E-state index in [0.29, 0.717) is 11.3 Å². The van der Waals surface area contributed by atoms with Gasteiger partial charge < -0.3 is 19.0 Å². The molecule has 0 bridgehead atoms. The van der Waals surface area contributed by atoms with E-state index in [1.807, 2.05) is 18.2 Å². The molecule has 2 aromatic rings. The highest BCUT2D eigenvalue weighted by atomic mass is 35.5. The highest BCUT2D eigenvalue weighted by Gasteiger charge is 2.25. The Bertz CT molecular complexity index is 719. The number of carbonyl (C=O) groups is 1. The Labute approximate surface area is 153 Å². The Morgan fingerprint density at radius 2 is 1.72 bits per heavy atom. The highest BCUT2D eigenvalue weighted by Crippen LogP contribution is 2.14. The Balaban J connectivity index is 1.51. The van der Waals surface area contributed by atoms with Crippen molar-refractivity contribution in [3.05, 3.63) is 58.0 Å². The van der Waals surface area contributed by atoms with Crippen LogP contribution in [0.1, 0.15) is 27.4 Å². The summed E-state index contributed by atoms with van der Waals surface area (Å²) in [5.74, 6) is 1.15. The molecule has 1 aliphatic rings. The number of benzene rings is 1. The zero-order chi connectivity index (χ0) is 17.8. The van der Waals surface area contributed by atoms with Crippen molar-refractivity contribution in [2.75, 3.05) is 33.3 Å². The average Bonchev–Trinajstić information content (AvgIpc) is 2.98. The van der Waals surface area contributed by atoms with Crippen LogP contribution in [0.25, 0.3) is 0 Å². The molecule has 0 spiro atoms. The van der Waals surface area contributed by atoms with E-state index >= 15 is 0 Å².